The number of hydrogen-bond donors (Lipinski definition) is 1. The number of rotatable bonds is 3. The Morgan fingerprint density at radius 3 is 2.69 bits per heavy atom. The van der Waals surface area contributed by atoms with Gasteiger partial charge in [0.05, 0.1) is 0 Å². The molecule has 0 heterocycles. The molecule has 1 heteroatoms. The van der Waals surface area contributed by atoms with Crippen molar-refractivity contribution in [3.63, 3.8) is 0 Å². The standard InChI is InChI=1S/C15H23N/c1-10(2)12(4)16-15-9-8-13-11(3)6-5-7-14(13)15/h5-7,10,12,15-16H,8-9H2,1-4H3. The molecule has 1 nitrogen and oxygen atoms in total. The van der Waals surface area contributed by atoms with E-state index in [1.54, 1.807) is 5.56 Å². The van der Waals surface area contributed by atoms with Gasteiger partial charge in [0.25, 0.3) is 0 Å². The molecule has 2 unspecified atom stereocenters. The second-order valence-electron chi connectivity index (χ2n) is 5.43. The van der Waals surface area contributed by atoms with Gasteiger partial charge in [-0.05, 0) is 49.3 Å². The highest BCUT2D eigenvalue weighted by molar-refractivity contribution is 5.40. The van der Waals surface area contributed by atoms with E-state index in [9.17, 15) is 0 Å². The Morgan fingerprint density at radius 1 is 1.25 bits per heavy atom. The van der Waals surface area contributed by atoms with Crippen LogP contribution < -0.4 is 5.32 Å². The highest BCUT2D eigenvalue weighted by Gasteiger charge is 2.24. The van der Waals surface area contributed by atoms with Crippen molar-refractivity contribution < 1.29 is 0 Å². The van der Waals surface area contributed by atoms with E-state index in [0.717, 1.165) is 0 Å². The van der Waals surface area contributed by atoms with Gasteiger partial charge in [-0.15, -0.1) is 0 Å². The topological polar surface area (TPSA) is 12.0 Å². The molecule has 0 aliphatic heterocycles. The average Bonchev–Trinajstić information content (AvgIpc) is 2.63. The molecular formula is C15H23N. The average molecular weight is 217 g/mol. The van der Waals surface area contributed by atoms with E-state index in [-0.39, 0.29) is 0 Å². The molecule has 88 valence electrons. The van der Waals surface area contributed by atoms with Gasteiger partial charge in [0.15, 0.2) is 0 Å². The quantitative estimate of drug-likeness (QED) is 0.815. The van der Waals surface area contributed by atoms with Crippen LogP contribution in [0.3, 0.4) is 0 Å². The lowest BCUT2D eigenvalue weighted by Crippen LogP contribution is -2.33. The Hall–Kier alpha value is -0.820. The van der Waals surface area contributed by atoms with E-state index in [2.05, 4.69) is 51.2 Å². The van der Waals surface area contributed by atoms with Crippen LogP contribution in [0.25, 0.3) is 0 Å². The highest BCUT2D eigenvalue weighted by Crippen LogP contribution is 2.33. The summed E-state index contributed by atoms with van der Waals surface area (Å²) in [4.78, 5) is 0. The Kier molecular flexibility index (Phi) is 3.34. The van der Waals surface area contributed by atoms with Gasteiger partial charge in [-0.3, -0.25) is 0 Å². The lowest BCUT2D eigenvalue weighted by Gasteiger charge is -2.23. The predicted octanol–water partition coefficient (Wildman–Crippen LogP) is 3.62. The Balaban J connectivity index is 2.15. The Morgan fingerprint density at radius 2 is 2.00 bits per heavy atom. The summed E-state index contributed by atoms with van der Waals surface area (Å²) in [6.07, 6.45) is 2.50. The lowest BCUT2D eigenvalue weighted by atomic mass is 10.0. The Labute approximate surface area is 99.3 Å². The first-order valence-corrected chi connectivity index (χ1v) is 6.44. The molecule has 0 fully saturated rings. The van der Waals surface area contributed by atoms with Gasteiger partial charge in [-0.2, -0.15) is 0 Å². The van der Waals surface area contributed by atoms with Crippen LogP contribution in [0.5, 0.6) is 0 Å². The van der Waals surface area contributed by atoms with Crippen LogP contribution in [-0.2, 0) is 6.42 Å². The van der Waals surface area contributed by atoms with Gasteiger partial charge in [0.2, 0.25) is 0 Å². The molecule has 0 saturated carbocycles. The SMILES string of the molecule is Cc1cccc2c1CCC2NC(C)C(C)C. The zero-order chi connectivity index (χ0) is 11.7. The first kappa shape index (κ1) is 11.7. The van der Waals surface area contributed by atoms with Crippen LogP contribution in [0.15, 0.2) is 18.2 Å². The first-order chi connectivity index (χ1) is 7.59. The minimum Gasteiger partial charge on any atom is -0.307 e. The van der Waals surface area contributed by atoms with E-state index in [0.29, 0.717) is 18.0 Å². The predicted molar refractivity (Wildman–Crippen MR) is 69.7 cm³/mol. The van der Waals surface area contributed by atoms with Crippen LogP contribution >= 0.6 is 0 Å². The maximum absolute atomic E-state index is 3.76. The number of aryl methyl sites for hydroxylation is 1. The molecular weight excluding hydrogens is 194 g/mol. The van der Waals surface area contributed by atoms with E-state index in [1.807, 2.05) is 0 Å². The maximum atomic E-state index is 3.76. The van der Waals surface area contributed by atoms with Crippen LogP contribution in [-0.4, -0.2) is 6.04 Å². The fourth-order valence-corrected chi connectivity index (χ4v) is 2.52. The number of benzene rings is 1. The third-order valence-corrected chi connectivity index (χ3v) is 3.97. The second-order valence-corrected chi connectivity index (χ2v) is 5.43. The molecule has 1 aromatic rings. The molecule has 0 aromatic heterocycles. The van der Waals surface area contributed by atoms with Crippen molar-refractivity contribution in [3.8, 4) is 0 Å². The number of hydrogen-bond acceptors (Lipinski definition) is 1. The first-order valence-electron chi connectivity index (χ1n) is 6.44. The summed E-state index contributed by atoms with van der Waals surface area (Å²) in [5.74, 6) is 0.703. The summed E-state index contributed by atoms with van der Waals surface area (Å²) in [6, 6.07) is 7.88. The second kappa shape index (κ2) is 4.58. The van der Waals surface area contributed by atoms with E-state index in [4.69, 9.17) is 0 Å². The maximum Gasteiger partial charge on any atom is 0.0328 e. The van der Waals surface area contributed by atoms with Gasteiger partial charge >= 0.3 is 0 Å². The van der Waals surface area contributed by atoms with Gasteiger partial charge in [-0.25, -0.2) is 0 Å². The number of nitrogens with one attached hydrogen (secondary N) is 1. The van der Waals surface area contributed by atoms with Gasteiger partial charge in [-0.1, -0.05) is 32.0 Å². The molecule has 2 atom stereocenters. The van der Waals surface area contributed by atoms with Crippen molar-refractivity contribution in [3.05, 3.63) is 34.9 Å². The summed E-state index contributed by atoms with van der Waals surface area (Å²) in [5.41, 5.74) is 4.57. The molecule has 1 aromatic carbocycles. The third-order valence-electron chi connectivity index (χ3n) is 3.97. The van der Waals surface area contributed by atoms with E-state index in [1.165, 1.54) is 24.0 Å². The lowest BCUT2D eigenvalue weighted by molar-refractivity contribution is 0.375. The van der Waals surface area contributed by atoms with E-state index < -0.39 is 0 Å². The fraction of sp³-hybridized carbons (Fsp3) is 0.600. The highest BCUT2D eigenvalue weighted by atomic mass is 15.0. The van der Waals surface area contributed by atoms with Crippen LogP contribution in [0, 0.1) is 12.8 Å². The largest absolute Gasteiger partial charge is 0.307 e. The Bertz CT molecular complexity index is 368. The zero-order valence-electron chi connectivity index (χ0n) is 10.9. The molecule has 0 spiro atoms. The number of fused-ring (bicyclic) bond motifs is 1. The van der Waals surface area contributed by atoms with Gasteiger partial charge in [0, 0.05) is 12.1 Å². The smallest absolute Gasteiger partial charge is 0.0328 e. The molecule has 16 heavy (non-hydrogen) atoms. The van der Waals surface area contributed by atoms with E-state index >= 15 is 0 Å². The van der Waals surface area contributed by atoms with Crippen molar-refractivity contribution in [2.24, 2.45) is 5.92 Å². The van der Waals surface area contributed by atoms with Crippen molar-refractivity contribution in [2.45, 2.75) is 52.6 Å². The van der Waals surface area contributed by atoms with Crippen LogP contribution in [0.1, 0.15) is 49.9 Å². The van der Waals surface area contributed by atoms with Crippen LogP contribution in [0.4, 0.5) is 0 Å². The van der Waals surface area contributed by atoms with Crippen molar-refractivity contribution in [1.82, 2.24) is 5.32 Å². The monoisotopic (exact) mass is 217 g/mol. The molecule has 0 amide bonds. The summed E-state index contributed by atoms with van der Waals surface area (Å²) in [6.45, 7) is 9.08. The minimum atomic E-state index is 0.576. The molecule has 0 bridgehead atoms. The summed E-state index contributed by atoms with van der Waals surface area (Å²) in [5, 5.41) is 3.76. The van der Waals surface area contributed by atoms with Crippen molar-refractivity contribution in [2.75, 3.05) is 0 Å². The van der Waals surface area contributed by atoms with Crippen LogP contribution in [0.2, 0.25) is 0 Å². The normalized spacial score (nSPS) is 21.2. The summed E-state index contributed by atoms with van der Waals surface area (Å²) < 4.78 is 0. The summed E-state index contributed by atoms with van der Waals surface area (Å²) >= 11 is 0. The molecule has 1 N–H and O–H groups in total. The molecule has 2 rings (SSSR count). The molecule has 0 radical (unpaired) electrons. The third kappa shape index (κ3) is 2.15. The molecule has 1 aliphatic carbocycles. The fourth-order valence-electron chi connectivity index (χ4n) is 2.52. The van der Waals surface area contributed by atoms with Gasteiger partial charge in [0.1, 0.15) is 0 Å². The molecule has 0 saturated heterocycles. The zero-order valence-corrected chi connectivity index (χ0v) is 10.9. The van der Waals surface area contributed by atoms with Gasteiger partial charge < -0.3 is 5.32 Å². The van der Waals surface area contributed by atoms with Crippen molar-refractivity contribution >= 4 is 0 Å². The van der Waals surface area contributed by atoms with Crippen molar-refractivity contribution in [1.29, 1.82) is 0 Å². The molecule has 1 aliphatic rings. The summed E-state index contributed by atoms with van der Waals surface area (Å²) in [7, 11) is 0. The minimum absolute atomic E-state index is 0.576.